The van der Waals surface area contributed by atoms with Crippen LogP contribution in [0.4, 0.5) is 0 Å². The number of benzene rings is 1. The Labute approximate surface area is 125 Å². The molecular weight excluding hydrogens is 270 g/mol. The normalized spacial score (nSPS) is 14.3. The van der Waals surface area contributed by atoms with E-state index < -0.39 is 29.5 Å². The van der Waals surface area contributed by atoms with E-state index in [0.29, 0.717) is 6.42 Å². The van der Waals surface area contributed by atoms with E-state index in [-0.39, 0.29) is 6.42 Å². The lowest BCUT2D eigenvalue weighted by Crippen LogP contribution is -2.37. The predicted molar refractivity (Wildman–Crippen MR) is 79.7 cm³/mol. The summed E-state index contributed by atoms with van der Waals surface area (Å²) in [6.07, 6.45) is 0.576. The van der Waals surface area contributed by atoms with Crippen molar-refractivity contribution in [3.63, 3.8) is 0 Å². The van der Waals surface area contributed by atoms with Gasteiger partial charge in [-0.2, -0.15) is 0 Å². The number of nitrogens with two attached hydrogens (primary N) is 1. The minimum Gasteiger partial charge on any atom is -0.481 e. The van der Waals surface area contributed by atoms with Gasteiger partial charge in [-0.15, -0.1) is 0 Å². The fourth-order valence-electron chi connectivity index (χ4n) is 1.97. The van der Waals surface area contributed by atoms with E-state index in [2.05, 4.69) is 0 Å². The van der Waals surface area contributed by atoms with E-state index in [9.17, 15) is 14.7 Å². The van der Waals surface area contributed by atoms with Crippen molar-refractivity contribution in [1.29, 1.82) is 0 Å². The van der Waals surface area contributed by atoms with Crippen molar-refractivity contribution in [2.45, 2.75) is 45.3 Å². The van der Waals surface area contributed by atoms with Gasteiger partial charge in [0.1, 0.15) is 5.60 Å². The molecule has 1 rings (SSSR count). The smallest absolute Gasteiger partial charge is 0.320 e. The van der Waals surface area contributed by atoms with Crippen LogP contribution in [-0.2, 0) is 20.7 Å². The van der Waals surface area contributed by atoms with Crippen molar-refractivity contribution in [2.24, 2.45) is 11.7 Å². The maximum Gasteiger partial charge on any atom is 0.320 e. The third-order valence-corrected chi connectivity index (χ3v) is 2.87. The van der Waals surface area contributed by atoms with Gasteiger partial charge in [-0.3, -0.25) is 9.59 Å². The third-order valence-electron chi connectivity index (χ3n) is 2.87. The van der Waals surface area contributed by atoms with Crippen LogP contribution in [0.1, 0.15) is 32.8 Å². The van der Waals surface area contributed by atoms with Crippen molar-refractivity contribution in [1.82, 2.24) is 0 Å². The molecule has 0 aliphatic carbocycles. The first-order valence-electron chi connectivity index (χ1n) is 6.94. The van der Waals surface area contributed by atoms with Gasteiger partial charge in [0.25, 0.3) is 0 Å². The van der Waals surface area contributed by atoms with Gasteiger partial charge in [0.2, 0.25) is 0 Å². The summed E-state index contributed by atoms with van der Waals surface area (Å²) in [6.45, 7) is 5.11. The van der Waals surface area contributed by atoms with Gasteiger partial charge < -0.3 is 15.6 Å². The zero-order valence-corrected chi connectivity index (χ0v) is 12.7. The maximum atomic E-state index is 11.9. The fourth-order valence-corrected chi connectivity index (χ4v) is 1.97. The van der Waals surface area contributed by atoms with Crippen molar-refractivity contribution in [3.8, 4) is 0 Å². The van der Waals surface area contributed by atoms with Gasteiger partial charge in [-0.05, 0) is 39.2 Å². The summed E-state index contributed by atoms with van der Waals surface area (Å²) in [5, 5.41) is 9.20. The molecule has 5 heteroatoms. The van der Waals surface area contributed by atoms with Gasteiger partial charge in [-0.25, -0.2) is 0 Å². The first-order valence-corrected chi connectivity index (χ1v) is 6.94. The predicted octanol–water partition coefficient (Wildman–Crippen LogP) is 1.99. The quantitative estimate of drug-likeness (QED) is 0.618. The Bertz CT molecular complexity index is 479. The molecule has 0 heterocycles. The molecule has 0 aliphatic rings. The minimum absolute atomic E-state index is 0.0547. The largest absolute Gasteiger partial charge is 0.481 e. The number of esters is 1. The Kier molecular flexibility index (Phi) is 5.90. The molecule has 0 saturated heterocycles. The molecule has 0 aromatic heterocycles. The monoisotopic (exact) mass is 293 g/mol. The number of carbonyl (C=O) groups is 2. The lowest BCUT2D eigenvalue weighted by atomic mass is 9.95. The van der Waals surface area contributed by atoms with E-state index in [1.54, 1.807) is 20.8 Å². The van der Waals surface area contributed by atoms with E-state index in [1.807, 2.05) is 30.3 Å². The van der Waals surface area contributed by atoms with E-state index in [0.717, 1.165) is 5.56 Å². The molecule has 0 spiro atoms. The second-order valence-corrected chi connectivity index (χ2v) is 6.11. The van der Waals surface area contributed by atoms with Crippen LogP contribution in [0.5, 0.6) is 0 Å². The van der Waals surface area contributed by atoms with Crippen molar-refractivity contribution < 1.29 is 19.4 Å². The number of hydrogen-bond donors (Lipinski definition) is 2. The first kappa shape index (κ1) is 17.2. The van der Waals surface area contributed by atoms with Crippen molar-refractivity contribution in [2.75, 3.05) is 0 Å². The zero-order chi connectivity index (χ0) is 16.0. The van der Waals surface area contributed by atoms with E-state index in [1.165, 1.54) is 0 Å². The summed E-state index contributed by atoms with van der Waals surface area (Å²) in [6, 6.07) is 9.11. The van der Waals surface area contributed by atoms with Crippen LogP contribution in [0.3, 0.4) is 0 Å². The highest BCUT2D eigenvalue weighted by molar-refractivity contribution is 5.94. The van der Waals surface area contributed by atoms with E-state index in [4.69, 9.17) is 10.5 Å². The number of carbonyl (C=O) groups excluding carboxylic acids is 1. The summed E-state index contributed by atoms with van der Waals surface area (Å²) in [7, 11) is 0. The number of hydrogen-bond acceptors (Lipinski definition) is 4. The molecule has 2 atom stereocenters. The van der Waals surface area contributed by atoms with Gasteiger partial charge in [0.15, 0.2) is 5.92 Å². The molecular formula is C16H23NO4. The Morgan fingerprint density at radius 3 is 2.29 bits per heavy atom. The number of ether oxygens (including phenoxy) is 1. The third kappa shape index (κ3) is 6.40. The average Bonchev–Trinajstić information content (AvgIpc) is 2.34. The van der Waals surface area contributed by atoms with Crippen LogP contribution >= 0.6 is 0 Å². The Morgan fingerprint density at radius 2 is 1.81 bits per heavy atom. The van der Waals surface area contributed by atoms with Gasteiger partial charge in [0.05, 0.1) is 0 Å². The molecule has 116 valence electrons. The summed E-state index contributed by atoms with van der Waals surface area (Å²) >= 11 is 0. The van der Waals surface area contributed by atoms with Crippen LogP contribution < -0.4 is 5.73 Å². The lowest BCUT2D eigenvalue weighted by Gasteiger charge is -2.23. The van der Waals surface area contributed by atoms with Gasteiger partial charge in [0, 0.05) is 6.04 Å². The van der Waals surface area contributed by atoms with Crippen LogP contribution in [-0.4, -0.2) is 28.7 Å². The van der Waals surface area contributed by atoms with Crippen LogP contribution in [0, 0.1) is 5.92 Å². The van der Waals surface area contributed by atoms with Crippen LogP contribution in [0.15, 0.2) is 30.3 Å². The molecule has 0 fully saturated rings. The van der Waals surface area contributed by atoms with Crippen LogP contribution in [0.2, 0.25) is 0 Å². The average molecular weight is 293 g/mol. The lowest BCUT2D eigenvalue weighted by molar-refractivity contribution is -0.167. The minimum atomic E-state index is -1.23. The zero-order valence-electron chi connectivity index (χ0n) is 12.7. The highest BCUT2D eigenvalue weighted by Gasteiger charge is 2.32. The standard InChI is InChI=1S/C16H23NO4/c1-16(2,3)21-15(20)13(14(18)19)10-12(17)9-11-7-5-4-6-8-11/h4-8,12-13H,9-10,17H2,1-3H3,(H,18,19)/t12?,13-/m1/s1. The molecule has 21 heavy (non-hydrogen) atoms. The first-order chi connectivity index (χ1) is 9.69. The summed E-state index contributed by atoms with van der Waals surface area (Å²) in [5.74, 6) is -3.17. The Hall–Kier alpha value is -1.88. The SMILES string of the molecule is CC(C)(C)OC(=O)[C@H](CC(N)Cc1ccccc1)C(=O)O. The number of aliphatic carboxylic acids is 1. The maximum absolute atomic E-state index is 11.9. The second-order valence-electron chi connectivity index (χ2n) is 6.11. The highest BCUT2D eigenvalue weighted by atomic mass is 16.6. The van der Waals surface area contributed by atoms with Gasteiger partial charge >= 0.3 is 11.9 Å². The molecule has 3 N–H and O–H groups in total. The molecule has 0 amide bonds. The number of carboxylic acid groups (broad SMARTS) is 1. The molecule has 0 aliphatic heterocycles. The van der Waals surface area contributed by atoms with Crippen molar-refractivity contribution in [3.05, 3.63) is 35.9 Å². The molecule has 1 aromatic carbocycles. The Morgan fingerprint density at radius 1 is 1.24 bits per heavy atom. The molecule has 1 unspecified atom stereocenters. The summed E-state index contributed by atoms with van der Waals surface area (Å²) in [4.78, 5) is 23.2. The van der Waals surface area contributed by atoms with Crippen LogP contribution in [0.25, 0.3) is 0 Å². The molecule has 0 radical (unpaired) electrons. The molecule has 0 bridgehead atoms. The van der Waals surface area contributed by atoms with Crippen molar-refractivity contribution >= 4 is 11.9 Å². The molecule has 5 nitrogen and oxygen atoms in total. The highest BCUT2D eigenvalue weighted by Crippen LogP contribution is 2.17. The number of rotatable bonds is 6. The summed E-state index contributed by atoms with van der Waals surface area (Å²) in [5.41, 5.74) is 6.27. The Balaban J connectivity index is 2.66. The number of carboxylic acids is 1. The summed E-state index contributed by atoms with van der Waals surface area (Å²) < 4.78 is 5.14. The molecule has 0 saturated carbocycles. The second kappa shape index (κ2) is 7.22. The molecule has 1 aromatic rings. The topological polar surface area (TPSA) is 89.6 Å². The van der Waals surface area contributed by atoms with E-state index >= 15 is 0 Å². The fraction of sp³-hybridized carbons (Fsp3) is 0.500. The van der Waals surface area contributed by atoms with Gasteiger partial charge in [-0.1, -0.05) is 30.3 Å².